The van der Waals surface area contributed by atoms with Crippen LogP contribution in [0.2, 0.25) is 0 Å². The molecule has 0 fully saturated rings. The third-order valence-corrected chi connectivity index (χ3v) is 4.53. The van der Waals surface area contributed by atoms with Gasteiger partial charge in [0.25, 0.3) is 0 Å². The molecular weight excluding hydrogens is 304 g/mol. The van der Waals surface area contributed by atoms with Crippen molar-refractivity contribution in [1.82, 2.24) is 0 Å². The van der Waals surface area contributed by atoms with E-state index in [1.807, 2.05) is 31.2 Å². The first-order chi connectivity index (χ1) is 11.5. The number of benzene rings is 2. The average Bonchev–Trinajstić information content (AvgIpc) is 2.92. The van der Waals surface area contributed by atoms with Gasteiger partial charge in [0.05, 0.1) is 14.2 Å². The highest BCUT2D eigenvalue weighted by molar-refractivity contribution is 5.71. The quantitative estimate of drug-likeness (QED) is 0.886. The van der Waals surface area contributed by atoms with E-state index in [0.717, 1.165) is 33.8 Å². The molecule has 0 amide bonds. The van der Waals surface area contributed by atoms with Gasteiger partial charge >= 0.3 is 0 Å². The summed E-state index contributed by atoms with van der Waals surface area (Å²) >= 11 is 0. The SMILES string of the molecule is C=C(C)c1ccc(OC)c2c1C(C)C(c1ccc(O)c(OC)c1)O2. The summed E-state index contributed by atoms with van der Waals surface area (Å²) in [4.78, 5) is 0. The minimum absolute atomic E-state index is 0.115. The molecule has 2 aromatic carbocycles. The molecule has 1 N–H and O–H groups in total. The van der Waals surface area contributed by atoms with E-state index in [2.05, 4.69) is 13.5 Å². The highest BCUT2D eigenvalue weighted by atomic mass is 16.5. The van der Waals surface area contributed by atoms with Crippen LogP contribution in [0.25, 0.3) is 5.57 Å². The molecule has 126 valence electrons. The Morgan fingerprint density at radius 1 is 1.12 bits per heavy atom. The number of ether oxygens (including phenoxy) is 3. The Kier molecular flexibility index (Phi) is 4.14. The van der Waals surface area contributed by atoms with Gasteiger partial charge in [-0.05, 0) is 36.2 Å². The number of hydrogen-bond donors (Lipinski definition) is 1. The van der Waals surface area contributed by atoms with Crippen LogP contribution >= 0.6 is 0 Å². The molecule has 4 heteroatoms. The van der Waals surface area contributed by atoms with Gasteiger partial charge in [-0.25, -0.2) is 0 Å². The van der Waals surface area contributed by atoms with Crippen molar-refractivity contribution in [3.63, 3.8) is 0 Å². The van der Waals surface area contributed by atoms with Crippen LogP contribution in [0, 0.1) is 0 Å². The maximum Gasteiger partial charge on any atom is 0.166 e. The van der Waals surface area contributed by atoms with E-state index in [0.29, 0.717) is 5.75 Å². The molecule has 0 saturated heterocycles. The summed E-state index contributed by atoms with van der Waals surface area (Å²) in [6, 6.07) is 9.24. The van der Waals surface area contributed by atoms with E-state index in [-0.39, 0.29) is 17.8 Å². The molecular formula is C20H22O4. The van der Waals surface area contributed by atoms with Crippen molar-refractivity contribution >= 4 is 5.57 Å². The standard InChI is InChI=1S/C20H22O4/c1-11(2)14-7-9-16(22-4)20-18(14)12(3)19(24-20)13-6-8-15(21)17(10-13)23-5/h6-10,12,19,21H,1H2,2-5H3. The Morgan fingerprint density at radius 3 is 2.46 bits per heavy atom. The topological polar surface area (TPSA) is 47.9 Å². The molecule has 24 heavy (non-hydrogen) atoms. The van der Waals surface area contributed by atoms with Crippen LogP contribution in [0.3, 0.4) is 0 Å². The van der Waals surface area contributed by atoms with E-state index in [4.69, 9.17) is 14.2 Å². The predicted molar refractivity (Wildman–Crippen MR) is 94.1 cm³/mol. The van der Waals surface area contributed by atoms with Gasteiger partial charge in [0.1, 0.15) is 6.10 Å². The van der Waals surface area contributed by atoms with E-state index >= 15 is 0 Å². The average molecular weight is 326 g/mol. The second-order valence-corrected chi connectivity index (χ2v) is 6.10. The molecule has 1 aliphatic rings. The molecule has 2 atom stereocenters. The van der Waals surface area contributed by atoms with Crippen molar-refractivity contribution < 1.29 is 19.3 Å². The van der Waals surface area contributed by atoms with Crippen molar-refractivity contribution in [2.45, 2.75) is 25.9 Å². The van der Waals surface area contributed by atoms with Gasteiger partial charge in [0, 0.05) is 11.5 Å². The van der Waals surface area contributed by atoms with Crippen molar-refractivity contribution in [1.29, 1.82) is 0 Å². The normalized spacial score (nSPS) is 18.7. The van der Waals surface area contributed by atoms with Crippen LogP contribution < -0.4 is 14.2 Å². The number of hydrogen-bond acceptors (Lipinski definition) is 4. The van der Waals surface area contributed by atoms with Crippen LogP contribution in [-0.4, -0.2) is 19.3 Å². The number of allylic oxidation sites excluding steroid dienone is 1. The maximum absolute atomic E-state index is 9.82. The highest BCUT2D eigenvalue weighted by Crippen LogP contribution is 2.53. The first-order valence-corrected chi connectivity index (χ1v) is 7.88. The summed E-state index contributed by atoms with van der Waals surface area (Å²) in [5.74, 6) is 2.16. The van der Waals surface area contributed by atoms with Crippen molar-refractivity contribution in [2.75, 3.05) is 14.2 Å². The molecule has 0 aromatic heterocycles. The van der Waals surface area contributed by atoms with Crippen molar-refractivity contribution in [3.8, 4) is 23.0 Å². The summed E-state index contributed by atoms with van der Waals surface area (Å²) in [6.07, 6.45) is -0.177. The summed E-state index contributed by atoms with van der Waals surface area (Å²) in [5.41, 5.74) is 4.14. The van der Waals surface area contributed by atoms with Gasteiger partial charge < -0.3 is 19.3 Å². The third-order valence-electron chi connectivity index (χ3n) is 4.53. The van der Waals surface area contributed by atoms with E-state index in [1.54, 1.807) is 13.2 Å². The predicted octanol–water partition coefficient (Wildman–Crippen LogP) is 4.68. The van der Waals surface area contributed by atoms with Crippen LogP contribution in [0.15, 0.2) is 36.9 Å². The first-order valence-electron chi connectivity index (χ1n) is 7.88. The Morgan fingerprint density at radius 2 is 1.83 bits per heavy atom. The summed E-state index contributed by atoms with van der Waals surface area (Å²) in [6.45, 7) is 8.20. The fourth-order valence-corrected chi connectivity index (χ4v) is 3.29. The lowest BCUT2D eigenvalue weighted by molar-refractivity contribution is 0.207. The summed E-state index contributed by atoms with van der Waals surface area (Å²) < 4.78 is 16.9. The van der Waals surface area contributed by atoms with Crippen LogP contribution in [0.5, 0.6) is 23.0 Å². The largest absolute Gasteiger partial charge is 0.504 e. The van der Waals surface area contributed by atoms with Gasteiger partial charge in [-0.3, -0.25) is 0 Å². The number of rotatable bonds is 4. The minimum atomic E-state index is -0.177. The monoisotopic (exact) mass is 326 g/mol. The molecule has 3 rings (SSSR count). The lowest BCUT2D eigenvalue weighted by Crippen LogP contribution is -2.08. The zero-order valence-electron chi connectivity index (χ0n) is 14.4. The fraction of sp³-hybridized carbons (Fsp3) is 0.300. The smallest absolute Gasteiger partial charge is 0.166 e. The molecule has 4 nitrogen and oxygen atoms in total. The number of methoxy groups -OCH3 is 2. The molecule has 1 heterocycles. The van der Waals surface area contributed by atoms with Crippen LogP contribution in [0.4, 0.5) is 0 Å². The zero-order valence-corrected chi connectivity index (χ0v) is 14.4. The van der Waals surface area contributed by atoms with Crippen molar-refractivity contribution in [2.24, 2.45) is 0 Å². The Labute approximate surface area is 142 Å². The lowest BCUT2D eigenvalue weighted by Gasteiger charge is -2.17. The molecule has 2 aromatic rings. The van der Waals surface area contributed by atoms with Gasteiger partial charge in [-0.2, -0.15) is 0 Å². The molecule has 2 unspecified atom stereocenters. The van der Waals surface area contributed by atoms with Gasteiger partial charge in [-0.1, -0.05) is 31.2 Å². The Balaban J connectivity index is 2.09. The molecule has 1 aliphatic heterocycles. The van der Waals surface area contributed by atoms with Gasteiger partial charge in [-0.15, -0.1) is 0 Å². The fourth-order valence-electron chi connectivity index (χ4n) is 3.29. The zero-order chi connectivity index (χ0) is 17.4. The second kappa shape index (κ2) is 6.11. The van der Waals surface area contributed by atoms with E-state index in [9.17, 15) is 5.11 Å². The van der Waals surface area contributed by atoms with Crippen LogP contribution in [0.1, 0.15) is 42.6 Å². The first kappa shape index (κ1) is 16.2. The van der Waals surface area contributed by atoms with Gasteiger partial charge in [0.2, 0.25) is 0 Å². The maximum atomic E-state index is 9.82. The summed E-state index contributed by atoms with van der Waals surface area (Å²) in [5, 5.41) is 9.82. The third kappa shape index (κ3) is 2.48. The number of phenolic OH excluding ortho intramolecular Hbond substituents is 1. The molecule has 0 bridgehead atoms. The molecule has 0 aliphatic carbocycles. The van der Waals surface area contributed by atoms with E-state index in [1.165, 1.54) is 7.11 Å². The number of phenols is 1. The number of fused-ring (bicyclic) bond motifs is 1. The Hall–Kier alpha value is -2.62. The molecule has 0 spiro atoms. The summed E-state index contributed by atoms with van der Waals surface area (Å²) in [7, 11) is 3.18. The highest BCUT2D eigenvalue weighted by Gasteiger charge is 2.37. The second-order valence-electron chi connectivity index (χ2n) is 6.10. The van der Waals surface area contributed by atoms with Gasteiger partial charge in [0.15, 0.2) is 23.0 Å². The van der Waals surface area contributed by atoms with Crippen LogP contribution in [-0.2, 0) is 0 Å². The van der Waals surface area contributed by atoms with Crippen molar-refractivity contribution in [3.05, 3.63) is 53.6 Å². The van der Waals surface area contributed by atoms with E-state index < -0.39 is 0 Å². The Bertz CT molecular complexity index is 794. The minimum Gasteiger partial charge on any atom is -0.504 e. The molecule has 0 saturated carbocycles. The molecule has 0 radical (unpaired) electrons. The number of aromatic hydroxyl groups is 1. The lowest BCUT2D eigenvalue weighted by atomic mass is 9.87.